The first kappa shape index (κ1) is 34.2. The van der Waals surface area contributed by atoms with E-state index in [1.165, 1.54) is 5.57 Å². The van der Waals surface area contributed by atoms with Crippen molar-refractivity contribution in [2.75, 3.05) is 11.5 Å². The van der Waals surface area contributed by atoms with E-state index in [-0.39, 0.29) is 11.1 Å². The zero-order valence-electron chi connectivity index (χ0n) is 26.2. The first-order chi connectivity index (χ1) is 20.3. The summed E-state index contributed by atoms with van der Waals surface area (Å²) in [6.07, 6.45) is 6.47. The molecule has 1 aliphatic rings. The summed E-state index contributed by atoms with van der Waals surface area (Å²) in [6.45, 7) is 21.4. The number of nitrogens with zero attached hydrogens (tertiary/aromatic N) is 2. The van der Waals surface area contributed by atoms with Crippen LogP contribution in [0.5, 0.6) is 0 Å². The molecule has 1 atom stereocenters. The van der Waals surface area contributed by atoms with Crippen LogP contribution in [0.25, 0.3) is 16.5 Å². The molecule has 43 heavy (non-hydrogen) atoms. The number of allylic oxidation sites excluding steroid dienone is 6. The second-order valence-corrected chi connectivity index (χ2v) is 12.9. The van der Waals surface area contributed by atoms with Crippen molar-refractivity contribution in [1.82, 2.24) is 9.97 Å². The van der Waals surface area contributed by atoms with Gasteiger partial charge in [-0.15, -0.1) is 11.8 Å². The maximum absolute atomic E-state index is 13.5. The lowest BCUT2D eigenvalue weighted by molar-refractivity contribution is -0.137. The number of benzene rings is 1. The summed E-state index contributed by atoms with van der Waals surface area (Å²) in [5.41, 5.74) is 10.9. The number of fused-ring (bicyclic) bond motifs is 1. The van der Waals surface area contributed by atoms with Gasteiger partial charge in [-0.25, -0.2) is 4.98 Å². The van der Waals surface area contributed by atoms with Crippen LogP contribution in [-0.4, -0.2) is 15.7 Å². The van der Waals surface area contributed by atoms with Crippen molar-refractivity contribution in [3.63, 3.8) is 0 Å². The molecule has 3 aromatic rings. The molecule has 0 bridgehead atoms. The molecule has 1 aromatic carbocycles. The van der Waals surface area contributed by atoms with Crippen molar-refractivity contribution in [3.8, 4) is 0 Å². The summed E-state index contributed by atoms with van der Waals surface area (Å²) in [4.78, 5) is 10.3. The highest BCUT2D eigenvalue weighted by molar-refractivity contribution is 7.99. The summed E-state index contributed by atoms with van der Waals surface area (Å²) in [6, 6.07) is 9.15. The van der Waals surface area contributed by atoms with E-state index in [1.54, 1.807) is 11.8 Å². The van der Waals surface area contributed by atoms with Crippen LogP contribution in [0, 0.1) is 12.3 Å². The molecule has 3 nitrogen and oxygen atoms in total. The Kier molecular flexibility index (Phi) is 11.5. The van der Waals surface area contributed by atoms with E-state index in [1.807, 2.05) is 32.9 Å². The van der Waals surface area contributed by atoms with Gasteiger partial charge in [0.05, 0.1) is 34.1 Å². The van der Waals surface area contributed by atoms with Crippen LogP contribution < -0.4 is 5.73 Å². The zero-order valence-corrected chi connectivity index (χ0v) is 27.1. The molecule has 0 spiro atoms. The molecule has 2 aromatic heterocycles. The lowest BCUT2D eigenvalue weighted by atomic mass is 9.74. The quantitative estimate of drug-likeness (QED) is 0.184. The number of aromatic nitrogens is 2. The number of nitrogens with two attached hydrogens (primary N) is 1. The van der Waals surface area contributed by atoms with Gasteiger partial charge in [-0.3, -0.25) is 4.98 Å². The summed E-state index contributed by atoms with van der Waals surface area (Å²) in [5.74, 6) is 0.209. The van der Waals surface area contributed by atoms with Gasteiger partial charge in [-0.05, 0) is 73.6 Å². The highest BCUT2D eigenvalue weighted by Crippen LogP contribution is 2.46. The maximum Gasteiger partial charge on any atom is 0.417 e. The smallest absolute Gasteiger partial charge is 0.397 e. The number of hydrogen-bond donors (Lipinski definition) is 1. The Hall–Kier alpha value is -3.32. The van der Waals surface area contributed by atoms with Crippen molar-refractivity contribution in [2.24, 2.45) is 5.41 Å². The van der Waals surface area contributed by atoms with E-state index in [0.717, 1.165) is 64.2 Å². The molecule has 1 aliphatic carbocycles. The van der Waals surface area contributed by atoms with Gasteiger partial charge in [-0.1, -0.05) is 88.8 Å². The minimum absolute atomic E-state index is 0.0380. The third-order valence-corrected chi connectivity index (χ3v) is 8.22. The fourth-order valence-corrected chi connectivity index (χ4v) is 6.37. The van der Waals surface area contributed by atoms with Gasteiger partial charge < -0.3 is 5.73 Å². The van der Waals surface area contributed by atoms with E-state index >= 15 is 0 Å². The summed E-state index contributed by atoms with van der Waals surface area (Å²) >= 11 is 1.65. The molecule has 0 fully saturated rings. The molecular weight excluding hydrogens is 563 g/mol. The topological polar surface area (TPSA) is 51.8 Å². The molecule has 0 radical (unpaired) electrons. The minimum Gasteiger partial charge on any atom is -0.397 e. The highest BCUT2D eigenvalue weighted by Gasteiger charge is 2.34. The predicted octanol–water partition coefficient (Wildman–Crippen LogP) is 11.1. The zero-order chi connectivity index (χ0) is 31.9. The van der Waals surface area contributed by atoms with E-state index in [2.05, 4.69) is 69.3 Å². The Morgan fingerprint density at radius 2 is 1.81 bits per heavy atom. The second kappa shape index (κ2) is 14.4. The van der Waals surface area contributed by atoms with E-state index in [4.69, 9.17) is 10.7 Å². The van der Waals surface area contributed by atoms with Crippen LogP contribution in [-0.2, 0) is 6.18 Å². The number of anilines is 1. The number of aryl methyl sites for hydroxylation is 1. The minimum atomic E-state index is -4.55. The summed E-state index contributed by atoms with van der Waals surface area (Å²) in [7, 11) is 0. The molecule has 2 N–H and O–H groups in total. The molecule has 2 heterocycles. The average Bonchev–Trinajstić information content (AvgIpc) is 2.94. The van der Waals surface area contributed by atoms with Gasteiger partial charge in [0, 0.05) is 16.5 Å². The van der Waals surface area contributed by atoms with Gasteiger partial charge in [-0.2, -0.15) is 13.2 Å². The van der Waals surface area contributed by atoms with Crippen molar-refractivity contribution < 1.29 is 13.2 Å². The van der Waals surface area contributed by atoms with Gasteiger partial charge in [0.2, 0.25) is 0 Å². The van der Waals surface area contributed by atoms with Gasteiger partial charge in [0.15, 0.2) is 0 Å². The van der Waals surface area contributed by atoms with Crippen molar-refractivity contribution in [1.29, 1.82) is 0 Å². The fourth-order valence-electron chi connectivity index (χ4n) is 5.53. The van der Waals surface area contributed by atoms with Crippen molar-refractivity contribution in [3.05, 3.63) is 102 Å². The third-order valence-electron chi connectivity index (χ3n) is 7.31. The second-order valence-electron chi connectivity index (χ2n) is 11.6. The van der Waals surface area contributed by atoms with Crippen LogP contribution in [0.4, 0.5) is 18.9 Å². The van der Waals surface area contributed by atoms with Crippen LogP contribution in [0.15, 0.2) is 84.0 Å². The molecule has 0 saturated carbocycles. The largest absolute Gasteiger partial charge is 0.417 e. The molecular formula is C36H44F3N3S. The van der Waals surface area contributed by atoms with Crippen molar-refractivity contribution >= 4 is 33.9 Å². The SMILES string of the molecule is C=C(CC(C)(C)CC1=CCCC=C1)C(C(=C)c1nc2ccc(C)cc2cc1SCC)c1ncc(C(F)(F)F)cc1N.CC. The van der Waals surface area contributed by atoms with Gasteiger partial charge in [0.1, 0.15) is 0 Å². The average molecular weight is 608 g/mol. The first-order valence-corrected chi connectivity index (χ1v) is 15.9. The van der Waals surface area contributed by atoms with E-state index < -0.39 is 17.7 Å². The lowest BCUT2D eigenvalue weighted by Crippen LogP contribution is -2.19. The van der Waals surface area contributed by atoms with Gasteiger partial charge in [0.25, 0.3) is 0 Å². The predicted molar refractivity (Wildman–Crippen MR) is 178 cm³/mol. The normalized spacial score (nSPS) is 14.1. The number of hydrogen-bond acceptors (Lipinski definition) is 4. The Labute approximate surface area is 259 Å². The molecule has 0 aliphatic heterocycles. The molecule has 230 valence electrons. The number of rotatable bonds is 10. The fraction of sp³-hybridized carbons (Fsp3) is 0.389. The van der Waals surface area contributed by atoms with Gasteiger partial charge >= 0.3 is 6.18 Å². The highest BCUT2D eigenvalue weighted by atomic mass is 32.2. The summed E-state index contributed by atoms with van der Waals surface area (Å²) < 4.78 is 40.5. The maximum atomic E-state index is 13.5. The number of alkyl halides is 3. The third kappa shape index (κ3) is 8.62. The number of pyridine rings is 2. The van der Waals surface area contributed by atoms with Crippen LogP contribution >= 0.6 is 11.8 Å². The van der Waals surface area contributed by atoms with Crippen LogP contribution in [0.1, 0.15) is 88.7 Å². The first-order valence-electron chi connectivity index (χ1n) is 14.9. The summed E-state index contributed by atoms with van der Waals surface area (Å²) in [5, 5.41) is 1.02. The number of thioether (sulfide) groups is 1. The molecule has 0 saturated heterocycles. The van der Waals surface area contributed by atoms with E-state index in [9.17, 15) is 13.2 Å². The number of halogens is 3. The molecule has 1 unspecified atom stereocenters. The Balaban J connectivity index is 0.00000248. The number of nitrogen functional groups attached to an aromatic ring is 1. The standard InChI is InChI=1S/C34H38F3N3S.C2H6/c1-7-41-29-16-25-15-21(2)13-14-28(25)40-31(29)23(4)30(32-27(38)17-26(20-39-32)34(35,36)37)22(3)18-33(5,6)19-24-11-9-8-10-12-24;1-2/h9,11-17,20,30H,3-4,7-8,10,18-19,38H2,1-2,5-6H3;1-2H3. The van der Waals surface area contributed by atoms with Crippen molar-refractivity contribution in [2.45, 2.75) is 84.2 Å². The Morgan fingerprint density at radius 3 is 2.42 bits per heavy atom. The monoisotopic (exact) mass is 607 g/mol. The Morgan fingerprint density at radius 1 is 1.09 bits per heavy atom. The Bertz CT molecular complexity index is 1530. The molecule has 4 rings (SSSR count). The van der Waals surface area contributed by atoms with Crippen LogP contribution in [0.2, 0.25) is 0 Å². The van der Waals surface area contributed by atoms with Crippen LogP contribution in [0.3, 0.4) is 0 Å². The van der Waals surface area contributed by atoms with E-state index in [0.29, 0.717) is 23.4 Å². The lowest BCUT2D eigenvalue weighted by Gasteiger charge is -2.31. The molecule has 0 amide bonds. The molecule has 7 heteroatoms.